The van der Waals surface area contributed by atoms with Gasteiger partial charge in [-0.2, -0.15) is 0 Å². The van der Waals surface area contributed by atoms with Crippen LogP contribution in [0.15, 0.2) is 152 Å². The number of anilines is 3. The third-order valence-corrected chi connectivity index (χ3v) is 8.23. The Morgan fingerprint density at radius 2 is 0.900 bits per heavy atom. The first kappa shape index (κ1) is 24.2. The fraction of sp³-hybridized carbons (Fsp3) is 0.0769. The van der Waals surface area contributed by atoms with Crippen molar-refractivity contribution >= 4 is 17.1 Å². The van der Waals surface area contributed by atoms with Gasteiger partial charge in [-0.3, -0.25) is 0 Å². The Morgan fingerprint density at radius 1 is 0.400 bits per heavy atom. The Balaban J connectivity index is 1.46. The molecule has 1 aliphatic rings. The number of fused-ring (bicyclic) bond motifs is 3. The second-order valence-electron chi connectivity index (χ2n) is 11.0. The van der Waals surface area contributed by atoms with E-state index < -0.39 is 0 Å². The molecule has 0 fully saturated rings. The van der Waals surface area contributed by atoms with Gasteiger partial charge in [0, 0.05) is 22.5 Å². The molecule has 0 spiro atoms. The summed E-state index contributed by atoms with van der Waals surface area (Å²) in [5, 5.41) is 0. The molecule has 1 heteroatoms. The second-order valence-corrected chi connectivity index (χ2v) is 11.0. The van der Waals surface area contributed by atoms with E-state index in [9.17, 15) is 0 Å². The van der Waals surface area contributed by atoms with E-state index in [0.717, 1.165) is 17.1 Å². The monoisotopic (exact) mass is 513 g/mol. The molecule has 0 N–H and O–H groups in total. The molecule has 0 aromatic heterocycles. The van der Waals surface area contributed by atoms with Crippen molar-refractivity contribution in [2.24, 2.45) is 0 Å². The average Bonchev–Trinajstić information content (AvgIpc) is 3.25. The van der Waals surface area contributed by atoms with E-state index in [1.807, 2.05) is 0 Å². The van der Waals surface area contributed by atoms with Gasteiger partial charge in [0.2, 0.25) is 0 Å². The Labute approximate surface area is 237 Å². The number of nitrogens with zero attached hydrogens (tertiary/aromatic N) is 1. The largest absolute Gasteiger partial charge is 0.310 e. The van der Waals surface area contributed by atoms with Gasteiger partial charge in [0.05, 0.1) is 0 Å². The van der Waals surface area contributed by atoms with Gasteiger partial charge in [0.1, 0.15) is 0 Å². The Morgan fingerprint density at radius 3 is 1.57 bits per heavy atom. The van der Waals surface area contributed by atoms with Crippen LogP contribution in [-0.4, -0.2) is 0 Å². The molecule has 1 aliphatic carbocycles. The minimum absolute atomic E-state index is 0.0927. The summed E-state index contributed by atoms with van der Waals surface area (Å²) in [4.78, 5) is 2.38. The zero-order chi connectivity index (χ0) is 27.1. The number of para-hydroxylation sites is 1. The van der Waals surface area contributed by atoms with Crippen molar-refractivity contribution in [1.29, 1.82) is 0 Å². The summed E-state index contributed by atoms with van der Waals surface area (Å²) in [6, 6.07) is 54.7. The molecule has 0 radical (unpaired) electrons. The highest BCUT2D eigenvalue weighted by Crippen LogP contribution is 2.54. The molecular formula is C39H31N. The fourth-order valence-corrected chi connectivity index (χ4v) is 6.34. The molecule has 40 heavy (non-hydrogen) atoms. The van der Waals surface area contributed by atoms with Crippen LogP contribution in [0.4, 0.5) is 17.1 Å². The van der Waals surface area contributed by atoms with E-state index in [1.165, 1.54) is 44.5 Å². The van der Waals surface area contributed by atoms with Gasteiger partial charge >= 0.3 is 0 Å². The van der Waals surface area contributed by atoms with Gasteiger partial charge in [-0.15, -0.1) is 0 Å². The molecule has 1 nitrogen and oxygen atoms in total. The smallest absolute Gasteiger partial charge is 0.0474 e. The Hall–Kier alpha value is -4.88. The molecule has 6 aromatic carbocycles. The minimum atomic E-state index is -0.0927. The third-order valence-electron chi connectivity index (χ3n) is 8.23. The van der Waals surface area contributed by atoms with Crippen LogP contribution in [0.3, 0.4) is 0 Å². The van der Waals surface area contributed by atoms with Crippen LogP contribution in [0.25, 0.3) is 33.4 Å². The van der Waals surface area contributed by atoms with Crippen LogP contribution in [0, 0.1) is 0 Å². The normalized spacial score (nSPS) is 12.9. The maximum absolute atomic E-state index is 2.40. The quantitative estimate of drug-likeness (QED) is 0.222. The number of hydrogen-bond acceptors (Lipinski definition) is 1. The van der Waals surface area contributed by atoms with Gasteiger partial charge in [-0.25, -0.2) is 0 Å². The van der Waals surface area contributed by atoms with E-state index in [-0.39, 0.29) is 5.41 Å². The SMILES string of the molecule is CC1(C)c2ccccc2-c2cc(N(c3ccccc3)c3ccc(-c4ccccc4)cc3)cc(-c3ccccc3)c21. The standard InChI is InChI=1S/C39H31N/c1-39(2)37-21-13-12-20-34(37)36-27-33(26-35(38(36)39)30-16-8-4-9-17-30)40(31-18-10-5-11-19-31)32-24-22-29(23-25-32)28-14-6-3-7-15-28/h3-27H,1-2H3. The van der Waals surface area contributed by atoms with Crippen LogP contribution in [0.1, 0.15) is 25.0 Å². The lowest BCUT2D eigenvalue weighted by atomic mass is 9.78. The van der Waals surface area contributed by atoms with E-state index >= 15 is 0 Å². The van der Waals surface area contributed by atoms with E-state index in [2.05, 4.69) is 170 Å². The highest BCUT2D eigenvalue weighted by Gasteiger charge is 2.38. The molecule has 0 aliphatic heterocycles. The first-order chi connectivity index (χ1) is 19.6. The summed E-state index contributed by atoms with van der Waals surface area (Å²) in [6.07, 6.45) is 0. The molecule has 0 heterocycles. The zero-order valence-electron chi connectivity index (χ0n) is 22.9. The molecule has 0 saturated heterocycles. The lowest BCUT2D eigenvalue weighted by Gasteiger charge is -2.29. The second kappa shape index (κ2) is 9.70. The van der Waals surface area contributed by atoms with Crippen LogP contribution >= 0.6 is 0 Å². The first-order valence-electron chi connectivity index (χ1n) is 14.0. The topological polar surface area (TPSA) is 3.24 Å². The third kappa shape index (κ3) is 4.03. The van der Waals surface area contributed by atoms with E-state index in [4.69, 9.17) is 0 Å². The van der Waals surface area contributed by atoms with Crippen molar-refractivity contribution in [3.63, 3.8) is 0 Å². The molecule has 0 bridgehead atoms. The number of rotatable bonds is 5. The van der Waals surface area contributed by atoms with Crippen LogP contribution in [-0.2, 0) is 5.41 Å². The van der Waals surface area contributed by atoms with E-state index in [0.29, 0.717) is 0 Å². The van der Waals surface area contributed by atoms with Crippen LogP contribution in [0.5, 0.6) is 0 Å². The molecule has 0 amide bonds. The highest BCUT2D eigenvalue weighted by atomic mass is 15.1. The molecule has 7 rings (SSSR count). The molecule has 0 unspecified atom stereocenters. The van der Waals surface area contributed by atoms with Gasteiger partial charge in [0.15, 0.2) is 0 Å². The maximum atomic E-state index is 2.40. The van der Waals surface area contributed by atoms with Crippen molar-refractivity contribution in [2.45, 2.75) is 19.3 Å². The van der Waals surface area contributed by atoms with Crippen LogP contribution < -0.4 is 4.90 Å². The average molecular weight is 514 g/mol. The minimum Gasteiger partial charge on any atom is -0.310 e. The molecular weight excluding hydrogens is 482 g/mol. The number of benzene rings is 6. The van der Waals surface area contributed by atoms with Gasteiger partial charge in [0.25, 0.3) is 0 Å². The summed E-state index contributed by atoms with van der Waals surface area (Å²) in [6.45, 7) is 4.72. The fourth-order valence-electron chi connectivity index (χ4n) is 6.34. The summed E-state index contributed by atoms with van der Waals surface area (Å²) in [5.41, 5.74) is 13.7. The van der Waals surface area contributed by atoms with Crippen molar-refractivity contribution in [3.8, 4) is 33.4 Å². The Bertz CT molecular complexity index is 1780. The highest BCUT2D eigenvalue weighted by molar-refractivity contribution is 5.93. The van der Waals surface area contributed by atoms with Crippen molar-refractivity contribution in [3.05, 3.63) is 163 Å². The predicted molar refractivity (Wildman–Crippen MR) is 170 cm³/mol. The van der Waals surface area contributed by atoms with E-state index in [1.54, 1.807) is 0 Å². The van der Waals surface area contributed by atoms with Gasteiger partial charge < -0.3 is 4.90 Å². The summed E-state index contributed by atoms with van der Waals surface area (Å²) in [7, 11) is 0. The summed E-state index contributed by atoms with van der Waals surface area (Å²) >= 11 is 0. The maximum Gasteiger partial charge on any atom is 0.0474 e. The van der Waals surface area contributed by atoms with Gasteiger partial charge in [-0.1, -0.05) is 129 Å². The van der Waals surface area contributed by atoms with Crippen molar-refractivity contribution < 1.29 is 0 Å². The first-order valence-corrected chi connectivity index (χ1v) is 14.0. The predicted octanol–water partition coefficient (Wildman–Crippen LogP) is 10.8. The lowest BCUT2D eigenvalue weighted by molar-refractivity contribution is 0.662. The molecule has 192 valence electrons. The Kier molecular flexibility index (Phi) is 5.86. The van der Waals surface area contributed by atoms with Gasteiger partial charge in [-0.05, 0) is 80.9 Å². The van der Waals surface area contributed by atoms with Crippen molar-refractivity contribution in [1.82, 2.24) is 0 Å². The molecule has 0 saturated carbocycles. The molecule has 0 atom stereocenters. The summed E-state index contributed by atoms with van der Waals surface area (Å²) in [5.74, 6) is 0. The zero-order valence-corrected chi connectivity index (χ0v) is 22.9. The molecule has 6 aromatic rings. The summed E-state index contributed by atoms with van der Waals surface area (Å²) < 4.78 is 0. The number of hydrogen-bond donors (Lipinski definition) is 0. The van der Waals surface area contributed by atoms with Crippen LogP contribution in [0.2, 0.25) is 0 Å². The lowest BCUT2D eigenvalue weighted by Crippen LogP contribution is -2.17. The van der Waals surface area contributed by atoms with Crippen molar-refractivity contribution in [2.75, 3.05) is 4.90 Å².